The first-order valence-corrected chi connectivity index (χ1v) is 11.4. The van der Waals surface area contributed by atoms with Crippen LogP contribution in [-0.2, 0) is 4.79 Å². The van der Waals surface area contributed by atoms with Gasteiger partial charge in [0.05, 0.1) is 28.1 Å². The lowest BCUT2D eigenvalue weighted by Gasteiger charge is -2.13. The van der Waals surface area contributed by atoms with Crippen LogP contribution < -0.4 is 11.0 Å². The molecule has 0 aliphatic heterocycles. The fourth-order valence-electron chi connectivity index (χ4n) is 2.99. The van der Waals surface area contributed by atoms with Gasteiger partial charge in [-0.3, -0.25) is 19.1 Å². The Balaban J connectivity index is 1.59. The van der Waals surface area contributed by atoms with Crippen LogP contribution >= 0.6 is 27.7 Å². The Morgan fingerprint density at radius 1 is 1.09 bits per heavy atom. The quantitative estimate of drug-likeness (QED) is 0.183. The van der Waals surface area contributed by atoms with Gasteiger partial charge in [0.2, 0.25) is 0 Å². The van der Waals surface area contributed by atoms with Gasteiger partial charge in [0.15, 0.2) is 5.16 Å². The minimum Gasteiger partial charge on any atom is -0.272 e. The molecule has 0 saturated heterocycles. The molecule has 7 nitrogen and oxygen atoms in total. The maximum absolute atomic E-state index is 13.2. The lowest BCUT2D eigenvalue weighted by molar-refractivity contribution is -0.118. The number of hydrazone groups is 1. The lowest BCUT2D eigenvalue weighted by Crippen LogP contribution is -2.24. The SMILES string of the molecule is C/C(=N\NC(=O)CSc1nc2ccccc2c(=O)n1-c1ccc(Br)cc1)c1ccncc1. The average Bonchev–Trinajstić information content (AvgIpc) is 2.82. The number of halogens is 1. The molecule has 2 heterocycles. The van der Waals surface area contributed by atoms with Crippen LogP contribution in [0.5, 0.6) is 0 Å². The Morgan fingerprint density at radius 2 is 1.81 bits per heavy atom. The van der Waals surface area contributed by atoms with E-state index >= 15 is 0 Å². The van der Waals surface area contributed by atoms with Crippen LogP contribution in [0.25, 0.3) is 16.6 Å². The van der Waals surface area contributed by atoms with Gasteiger partial charge in [-0.15, -0.1) is 0 Å². The third-order valence-corrected chi connectivity index (χ3v) is 6.08. The number of benzene rings is 2. The Bertz CT molecular complexity index is 1350. The van der Waals surface area contributed by atoms with Gasteiger partial charge in [0.25, 0.3) is 11.5 Å². The largest absolute Gasteiger partial charge is 0.272 e. The Morgan fingerprint density at radius 3 is 2.56 bits per heavy atom. The second-order valence-electron chi connectivity index (χ2n) is 6.79. The number of thioether (sulfide) groups is 1. The molecule has 1 N–H and O–H groups in total. The highest BCUT2D eigenvalue weighted by Crippen LogP contribution is 2.22. The van der Waals surface area contributed by atoms with Crippen molar-refractivity contribution in [2.75, 3.05) is 5.75 Å². The van der Waals surface area contributed by atoms with Crippen LogP contribution in [0, 0.1) is 0 Å². The van der Waals surface area contributed by atoms with E-state index < -0.39 is 0 Å². The van der Waals surface area contributed by atoms with Crippen molar-refractivity contribution in [3.63, 3.8) is 0 Å². The normalized spacial score (nSPS) is 11.5. The summed E-state index contributed by atoms with van der Waals surface area (Å²) in [5, 5.41) is 5.09. The molecule has 0 fully saturated rings. The maximum Gasteiger partial charge on any atom is 0.266 e. The molecule has 160 valence electrons. The van der Waals surface area contributed by atoms with E-state index in [1.807, 2.05) is 42.5 Å². The molecule has 1 amide bonds. The van der Waals surface area contributed by atoms with Gasteiger partial charge >= 0.3 is 0 Å². The molecule has 0 aliphatic rings. The molecule has 2 aromatic heterocycles. The zero-order valence-electron chi connectivity index (χ0n) is 17.0. The van der Waals surface area contributed by atoms with Crippen LogP contribution in [0.4, 0.5) is 0 Å². The number of nitrogens with zero attached hydrogens (tertiary/aromatic N) is 4. The van der Waals surface area contributed by atoms with Crippen LogP contribution in [0.2, 0.25) is 0 Å². The predicted octanol–water partition coefficient (Wildman–Crippen LogP) is 4.18. The molecular formula is C23H18BrN5O2S. The molecule has 0 aliphatic carbocycles. The first-order valence-electron chi connectivity index (χ1n) is 9.67. The van der Waals surface area contributed by atoms with E-state index in [1.54, 1.807) is 37.5 Å². The number of amides is 1. The van der Waals surface area contributed by atoms with Crippen LogP contribution in [0.1, 0.15) is 12.5 Å². The molecule has 4 rings (SSSR count). The number of aromatic nitrogens is 3. The van der Waals surface area contributed by atoms with Crippen molar-refractivity contribution in [1.82, 2.24) is 20.0 Å². The number of nitrogens with one attached hydrogen (secondary N) is 1. The van der Waals surface area contributed by atoms with E-state index in [0.717, 1.165) is 10.0 Å². The zero-order chi connectivity index (χ0) is 22.5. The van der Waals surface area contributed by atoms with Crippen molar-refractivity contribution in [2.45, 2.75) is 12.1 Å². The van der Waals surface area contributed by atoms with Gasteiger partial charge in [-0.2, -0.15) is 5.10 Å². The molecule has 2 aromatic carbocycles. The van der Waals surface area contributed by atoms with E-state index in [9.17, 15) is 9.59 Å². The zero-order valence-corrected chi connectivity index (χ0v) is 19.4. The Hall–Kier alpha value is -3.30. The van der Waals surface area contributed by atoms with E-state index in [-0.39, 0.29) is 17.2 Å². The molecule has 0 saturated carbocycles. The minimum atomic E-state index is -0.298. The lowest BCUT2D eigenvalue weighted by atomic mass is 10.2. The standard InChI is InChI=1S/C23H18BrN5O2S/c1-15(16-10-12-25-13-11-16)27-28-21(30)14-32-23-26-20-5-3-2-4-19(20)22(31)29(23)18-8-6-17(24)7-9-18/h2-13H,14H2,1H3,(H,28,30)/b27-15+. The number of hydrogen-bond acceptors (Lipinski definition) is 6. The van der Waals surface area contributed by atoms with Crippen molar-refractivity contribution in [3.05, 3.63) is 93.4 Å². The van der Waals surface area contributed by atoms with Crippen molar-refractivity contribution in [3.8, 4) is 5.69 Å². The van der Waals surface area contributed by atoms with E-state index in [1.165, 1.54) is 16.3 Å². The number of pyridine rings is 1. The van der Waals surface area contributed by atoms with E-state index in [4.69, 9.17) is 0 Å². The number of hydrogen-bond donors (Lipinski definition) is 1. The summed E-state index contributed by atoms with van der Waals surface area (Å²) in [6.45, 7) is 1.80. The second-order valence-corrected chi connectivity index (χ2v) is 8.64. The highest BCUT2D eigenvalue weighted by Gasteiger charge is 2.15. The number of carbonyl (C=O) groups is 1. The highest BCUT2D eigenvalue weighted by molar-refractivity contribution is 9.10. The van der Waals surface area contributed by atoms with Gasteiger partial charge in [0, 0.05) is 22.4 Å². The topological polar surface area (TPSA) is 89.2 Å². The monoisotopic (exact) mass is 507 g/mol. The number of para-hydroxylation sites is 1. The molecule has 0 spiro atoms. The number of fused-ring (bicyclic) bond motifs is 1. The molecule has 9 heteroatoms. The molecule has 0 unspecified atom stereocenters. The molecular weight excluding hydrogens is 490 g/mol. The molecule has 0 radical (unpaired) electrons. The maximum atomic E-state index is 13.2. The first kappa shape index (κ1) is 21.9. The summed E-state index contributed by atoms with van der Waals surface area (Å²) in [4.78, 5) is 34.3. The van der Waals surface area contributed by atoms with Crippen LogP contribution in [0.15, 0.2) is 92.6 Å². The summed E-state index contributed by atoms with van der Waals surface area (Å²) in [5.74, 6) is -0.248. The van der Waals surface area contributed by atoms with Crippen LogP contribution in [0.3, 0.4) is 0 Å². The number of rotatable bonds is 6. The van der Waals surface area contributed by atoms with Gasteiger partial charge < -0.3 is 0 Å². The minimum absolute atomic E-state index is 0.0500. The Kier molecular flexibility index (Phi) is 6.77. The second kappa shape index (κ2) is 9.88. The molecule has 4 aromatic rings. The molecule has 32 heavy (non-hydrogen) atoms. The predicted molar refractivity (Wildman–Crippen MR) is 130 cm³/mol. The first-order chi connectivity index (χ1) is 15.5. The smallest absolute Gasteiger partial charge is 0.266 e. The summed E-state index contributed by atoms with van der Waals surface area (Å²) in [6, 6.07) is 18.2. The third kappa shape index (κ3) is 4.95. The van der Waals surface area contributed by atoms with Gasteiger partial charge in [-0.1, -0.05) is 39.8 Å². The van der Waals surface area contributed by atoms with Crippen molar-refractivity contribution in [2.24, 2.45) is 5.10 Å². The number of carbonyl (C=O) groups excluding carboxylic acids is 1. The van der Waals surface area contributed by atoms with E-state index in [2.05, 4.69) is 36.4 Å². The van der Waals surface area contributed by atoms with E-state index in [0.29, 0.717) is 27.5 Å². The fraction of sp³-hybridized carbons (Fsp3) is 0.0870. The molecule has 0 atom stereocenters. The summed E-state index contributed by atoms with van der Waals surface area (Å²) >= 11 is 4.59. The Labute approximate surface area is 196 Å². The molecule has 0 bridgehead atoms. The summed E-state index contributed by atoms with van der Waals surface area (Å²) in [6.07, 6.45) is 3.33. The van der Waals surface area contributed by atoms with Crippen molar-refractivity contribution < 1.29 is 4.79 Å². The van der Waals surface area contributed by atoms with Crippen LogP contribution in [-0.4, -0.2) is 31.9 Å². The van der Waals surface area contributed by atoms with Gasteiger partial charge in [-0.05, 0) is 55.5 Å². The van der Waals surface area contributed by atoms with Crippen molar-refractivity contribution >= 4 is 50.2 Å². The average molecular weight is 508 g/mol. The highest BCUT2D eigenvalue weighted by atomic mass is 79.9. The van der Waals surface area contributed by atoms with Crippen molar-refractivity contribution in [1.29, 1.82) is 0 Å². The summed E-state index contributed by atoms with van der Waals surface area (Å²) in [7, 11) is 0. The fourth-order valence-corrected chi connectivity index (χ4v) is 4.06. The van der Waals surface area contributed by atoms with Gasteiger partial charge in [-0.25, -0.2) is 10.4 Å². The summed E-state index contributed by atoms with van der Waals surface area (Å²) < 4.78 is 2.43. The van der Waals surface area contributed by atoms with Gasteiger partial charge in [0.1, 0.15) is 0 Å². The third-order valence-electron chi connectivity index (χ3n) is 4.61. The summed E-state index contributed by atoms with van der Waals surface area (Å²) in [5.41, 5.74) is 5.16.